The van der Waals surface area contributed by atoms with Gasteiger partial charge in [-0.25, -0.2) is 0 Å². The number of hydrogen-bond donors (Lipinski definition) is 1. The van der Waals surface area contributed by atoms with Gasteiger partial charge in [0.15, 0.2) is 11.5 Å². The van der Waals surface area contributed by atoms with E-state index in [4.69, 9.17) is 25.8 Å². The first-order chi connectivity index (χ1) is 9.62. The number of aromatic hydroxyl groups is 1. The molecule has 1 aromatic carbocycles. The van der Waals surface area contributed by atoms with Gasteiger partial charge < -0.3 is 19.3 Å². The molecule has 0 atom stereocenters. The molecule has 0 saturated heterocycles. The van der Waals surface area contributed by atoms with Crippen LogP contribution in [-0.4, -0.2) is 57.6 Å². The first kappa shape index (κ1) is 17.0. The van der Waals surface area contributed by atoms with Crippen LogP contribution in [-0.2, 0) is 16.0 Å². The number of phenols is 1. The summed E-state index contributed by atoms with van der Waals surface area (Å²) in [6.07, 6.45) is 0. The van der Waals surface area contributed by atoms with E-state index in [0.717, 1.165) is 18.7 Å². The first-order valence-electron chi connectivity index (χ1n) is 6.38. The minimum atomic E-state index is -0.0294. The van der Waals surface area contributed by atoms with Crippen LogP contribution in [0.2, 0.25) is 5.02 Å². The highest BCUT2D eigenvalue weighted by Gasteiger charge is 2.12. The lowest BCUT2D eigenvalue weighted by atomic mass is 10.2. The maximum Gasteiger partial charge on any atom is 0.176 e. The van der Waals surface area contributed by atoms with Crippen molar-refractivity contribution in [2.45, 2.75) is 6.54 Å². The van der Waals surface area contributed by atoms with Crippen LogP contribution in [0.1, 0.15) is 5.56 Å². The van der Waals surface area contributed by atoms with Crippen LogP contribution in [0.3, 0.4) is 0 Å². The number of halogens is 1. The van der Waals surface area contributed by atoms with Gasteiger partial charge in [0.2, 0.25) is 0 Å². The second kappa shape index (κ2) is 9.02. The highest BCUT2D eigenvalue weighted by atomic mass is 35.5. The average molecular weight is 304 g/mol. The van der Waals surface area contributed by atoms with Crippen molar-refractivity contribution in [3.8, 4) is 11.5 Å². The minimum Gasteiger partial charge on any atom is -0.503 e. The van der Waals surface area contributed by atoms with E-state index in [1.54, 1.807) is 26.4 Å². The predicted molar refractivity (Wildman–Crippen MR) is 78.7 cm³/mol. The molecule has 1 rings (SSSR count). The normalized spacial score (nSPS) is 11.1. The summed E-state index contributed by atoms with van der Waals surface area (Å²) in [7, 11) is 4.85. The number of methoxy groups -OCH3 is 3. The van der Waals surface area contributed by atoms with E-state index in [1.165, 1.54) is 7.11 Å². The Balaban J connectivity index is 2.78. The van der Waals surface area contributed by atoms with E-state index in [-0.39, 0.29) is 10.8 Å². The van der Waals surface area contributed by atoms with Gasteiger partial charge >= 0.3 is 0 Å². The Labute approximate surface area is 125 Å². The number of hydrogen-bond acceptors (Lipinski definition) is 5. The Morgan fingerprint density at radius 2 is 1.70 bits per heavy atom. The lowest BCUT2D eigenvalue weighted by molar-refractivity contribution is 0.110. The molecule has 0 saturated carbocycles. The van der Waals surface area contributed by atoms with Crippen molar-refractivity contribution in [1.29, 1.82) is 0 Å². The Bertz CT molecular complexity index is 406. The van der Waals surface area contributed by atoms with Gasteiger partial charge in [-0.15, -0.1) is 0 Å². The van der Waals surface area contributed by atoms with Crippen LogP contribution < -0.4 is 4.74 Å². The van der Waals surface area contributed by atoms with Gasteiger partial charge in [-0.3, -0.25) is 4.90 Å². The average Bonchev–Trinajstić information content (AvgIpc) is 2.45. The highest BCUT2D eigenvalue weighted by Crippen LogP contribution is 2.35. The van der Waals surface area contributed by atoms with E-state index in [1.807, 2.05) is 0 Å². The van der Waals surface area contributed by atoms with Gasteiger partial charge in [-0.05, 0) is 17.7 Å². The summed E-state index contributed by atoms with van der Waals surface area (Å²) in [5.74, 6) is 0.351. The lowest BCUT2D eigenvalue weighted by Crippen LogP contribution is -2.30. The molecule has 0 aromatic heterocycles. The molecule has 0 aliphatic carbocycles. The van der Waals surface area contributed by atoms with Crippen LogP contribution in [0.15, 0.2) is 12.1 Å². The number of benzene rings is 1. The largest absolute Gasteiger partial charge is 0.503 e. The van der Waals surface area contributed by atoms with Crippen LogP contribution >= 0.6 is 11.6 Å². The van der Waals surface area contributed by atoms with Crippen molar-refractivity contribution in [1.82, 2.24) is 4.90 Å². The van der Waals surface area contributed by atoms with Crippen molar-refractivity contribution in [3.05, 3.63) is 22.7 Å². The summed E-state index contributed by atoms with van der Waals surface area (Å²) in [4.78, 5) is 2.19. The fraction of sp³-hybridized carbons (Fsp3) is 0.571. The van der Waals surface area contributed by atoms with Crippen LogP contribution in [0, 0.1) is 0 Å². The topological polar surface area (TPSA) is 51.2 Å². The molecule has 6 heteroatoms. The summed E-state index contributed by atoms with van der Waals surface area (Å²) in [5, 5.41) is 10.0. The zero-order valence-electron chi connectivity index (χ0n) is 12.2. The molecular weight excluding hydrogens is 282 g/mol. The lowest BCUT2D eigenvalue weighted by Gasteiger charge is -2.22. The molecule has 20 heavy (non-hydrogen) atoms. The van der Waals surface area contributed by atoms with Gasteiger partial charge in [0, 0.05) is 33.9 Å². The summed E-state index contributed by atoms with van der Waals surface area (Å²) in [6.45, 7) is 3.56. The summed E-state index contributed by atoms with van der Waals surface area (Å²) < 4.78 is 15.3. The van der Waals surface area contributed by atoms with Crippen molar-refractivity contribution < 1.29 is 19.3 Å². The van der Waals surface area contributed by atoms with Crippen molar-refractivity contribution >= 4 is 11.6 Å². The molecule has 0 bridgehead atoms. The molecule has 1 aromatic rings. The number of phenolic OH excluding ortho intramolecular Hbond substituents is 1. The number of nitrogens with zero attached hydrogens (tertiary/aromatic N) is 1. The molecule has 1 N–H and O–H groups in total. The van der Waals surface area contributed by atoms with E-state index in [0.29, 0.717) is 25.5 Å². The summed E-state index contributed by atoms with van der Waals surface area (Å²) >= 11 is 5.99. The molecule has 0 fully saturated rings. The molecule has 0 aliphatic rings. The summed E-state index contributed by atoms with van der Waals surface area (Å²) in [6, 6.07) is 3.53. The maximum atomic E-state index is 9.73. The van der Waals surface area contributed by atoms with Gasteiger partial charge in [0.05, 0.1) is 25.3 Å². The zero-order valence-corrected chi connectivity index (χ0v) is 12.9. The van der Waals surface area contributed by atoms with Gasteiger partial charge in [0.25, 0.3) is 0 Å². The molecular formula is C14H22ClNO4. The third kappa shape index (κ3) is 5.17. The molecule has 0 amide bonds. The van der Waals surface area contributed by atoms with Gasteiger partial charge in [0.1, 0.15) is 0 Å². The number of rotatable bonds is 9. The maximum absolute atomic E-state index is 9.73. The molecule has 0 heterocycles. The van der Waals surface area contributed by atoms with E-state index in [2.05, 4.69) is 4.90 Å². The van der Waals surface area contributed by atoms with Gasteiger partial charge in [-0.2, -0.15) is 0 Å². The van der Waals surface area contributed by atoms with E-state index >= 15 is 0 Å². The van der Waals surface area contributed by atoms with Crippen molar-refractivity contribution in [3.63, 3.8) is 0 Å². The van der Waals surface area contributed by atoms with Crippen molar-refractivity contribution in [2.24, 2.45) is 0 Å². The van der Waals surface area contributed by atoms with Crippen molar-refractivity contribution in [2.75, 3.05) is 47.6 Å². The zero-order chi connectivity index (χ0) is 15.0. The fourth-order valence-corrected chi connectivity index (χ4v) is 2.08. The second-order valence-electron chi connectivity index (χ2n) is 4.39. The summed E-state index contributed by atoms with van der Waals surface area (Å²) in [5.41, 5.74) is 0.969. The highest BCUT2D eigenvalue weighted by molar-refractivity contribution is 6.32. The Morgan fingerprint density at radius 1 is 1.10 bits per heavy atom. The third-order valence-corrected chi connectivity index (χ3v) is 3.23. The van der Waals surface area contributed by atoms with Crippen LogP contribution in [0.4, 0.5) is 0 Å². The fourth-order valence-electron chi connectivity index (χ4n) is 1.84. The Kier molecular flexibility index (Phi) is 7.69. The predicted octanol–water partition coefficient (Wildman–Crippen LogP) is 2.15. The van der Waals surface area contributed by atoms with E-state index in [9.17, 15) is 5.11 Å². The van der Waals surface area contributed by atoms with Gasteiger partial charge in [-0.1, -0.05) is 11.6 Å². The molecule has 0 radical (unpaired) electrons. The molecule has 114 valence electrons. The molecule has 0 spiro atoms. The first-order valence-corrected chi connectivity index (χ1v) is 6.75. The van der Waals surface area contributed by atoms with Crippen LogP contribution in [0.5, 0.6) is 11.5 Å². The third-order valence-electron chi connectivity index (χ3n) is 2.94. The quantitative estimate of drug-likeness (QED) is 0.757. The monoisotopic (exact) mass is 303 g/mol. The molecule has 5 nitrogen and oxygen atoms in total. The SMILES string of the molecule is COCCN(CCOC)Cc1cc(Cl)c(O)c(OC)c1. The van der Waals surface area contributed by atoms with E-state index < -0.39 is 0 Å². The number of ether oxygens (including phenoxy) is 3. The smallest absolute Gasteiger partial charge is 0.176 e. The minimum absolute atomic E-state index is 0.0294. The Morgan fingerprint density at radius 3 is 2.20 bits per heavy atom. The standard InChI is InChI=1S/C14H22ClNO4/c1-18-6-4-16(5-7-19-2)10-11-8-12(15)14(17)13(9-11)20-3/h8-9,17H,4-7,10H2,1-3H3. The molecule has 0 aliphatic heterocycles. The second-order valence-corrected chi connectivity index (χ2v) is 4.80. The van der Waals surface area contributed by atoms with Crippen LogP contribution in [0.25, 0.3) is 0 Å². The Hall–Kier alpha value is -1.01. The molecule has 0 unspecified atom stereocenters.